The third-order valence-corrected chi connectivity index (χ3v) is 5.92. The van der Waals surface area contributed by atoms with E-state index in [9.17, 15) is 0 Å². The predicted molar refractivity (Wildman–Crippen MR) is 85.9 cm³/mol. The molecule has 0 spiro atoms. The van der Waals surface area contributed by atoms with E-state index in [4.69, 9.17) is 0 Å². The van der Waals surface area contributed by atoms with Crippen molar-refractivity contribution in [1.82, 2.24) is 5.32 Å². The van der Waals surface area contributed by atoms with E-state index >= 15 is 0 Å². The molecule has 0 fully saturated rings. The molecule has 1 N–H and O–H groups in total. The summed E-state index contributed by atoms with van der Waals surface area (Å²) in [5.41, 5.74) is 2.71. The molecule has 1 nitrogen and oxygen atoms in total. The maximum atomic E-state index is 3.65. The number of halogens is 1. The van der Waals surface area contributed by atoms with E-state index in [0.29, 0.717) is 6.04 Å². The third kappa shape index (κ3) is 3.23. The SMILES string of the molecule is CCCNC(c1csc(C)c1)c1cc(C)c(Br)s1. The third-order valence-electron chi connectivity index (χ3n) is 2.84. The van der Waals surface area contributed by atoms with Crippen LogP contribution in [0.4, 0.5) is 0 Å². The van der Waals surface area contributed by atoms with Gasteiger partial charge in [0.25, 0.3) is 0 Å². The van der Waals surface area contributed by atoms with E-state index in [-0.39, 0.29) is 0 Å². The van der Waals surface area contributed by atoms with E-state index in [0.717, 1.165) is 13.0 Å². The van der Waals surface area contributed by atoms with Crippen LogP contribution < -0.4 is 5.32 Å². The molecule has 0 aliphatic carbocycles. The molecule has 0 saturated carbocycles. The molecule has 0 bridgehead atoms. The van der Waals surface area contributed by atoms with Gasteiger partial charge in [0.2, 0.25) is 0 Å². The minimum Gasteiger partial charge on any atom is -0.306 e. The first kappa shape index (κ1) is 14.3. The standard InChI is InChI=1S/C14H18BrNS2/c1-4-5-16-13(11-7-10(3)17-8-11)12-6-9(2)14(15)18-12/h6-8,13,16H,4-5H2,1-3H3. The zero-order chi connectivity index (χ0) is 13.1. The Balaban J connectivity index is 2.30. The smallest absolute Gasteiger partial charge is 0.0731 e. The van der Waals surface area contributed by atoms with Crippen molar-refractivity contribution in [2.75, 3.05) is 6.54 Å². The molecule has 2 rings (SSSR count). The van der Waals surface area contributed by atoms with E-state index in [1.807, 2.05) is 22.7 Å². The summed E-state index contributed by atoms with van der Waals surface area (Å²) >= 11 is 7.28. The highest BCUT2D eigenvalue weighted by Gasteiger charge is 2.17. The van der Waals surface area contributed by atoms with Crippen LogP contribution in [0.3, 0.4) is 0 Å². The molecule has 18 heavy (non-hydrogen) atoms. The van der Waals surface area contributed by atoms with Crippen molar-refractivity contribution in [3.63, 3.8) is 0 Å². The highest BCUT2D eigenvalue weighted by atomic mass is 79.9. The molecule has 2 aromatic rings. The fraction of sp³-hybridized carbons (Fsp3) is 0.429. The van der Waals surface area contributed by atoms with Crippen molar-refractivity contribution >= 4 is 38.6 Å². The second kappa shape index (κ2) is 6.33. The number of rotatable bonds is 5. The Morgan fingerprint density at radius 2 is 2.11 bits per heavy atom. The van der Waals surface area contributed by atoms with Crippen LogP contribution >= 0.6 is 38.6 Å². The summed E-state index contributed by atoms with van der Waals surface area (Å²) in [7, 11) is 0. The van der Waals surface area contributed by atoms with Crippen LogP contribution in [0.1, 0.15) is 40.3 Å². The Morgan fingerprint density at radius 3 is 2.61 bits per heavy atom. The Morgan fingerprint density at radius 1 is 1.33 bits per heavy atom. The maximum absolute atomic E-state index is 3.65. The van der Waals surface area contributed by atoms with Gasteiger partial charge in [0.15, 0.2) is 0 Å². The number of nitrogens with one attached hydrogen (secondary N) is 1. The topological polar surface area (TPSA) is 12.0 Å². The van der Waals surface area contributed by atoms with Gasteiger partial charge in [-0.15, -0.1) is 22.7 Å². The fourth-order valence-corrected chi connectivity index (χ4v) is 4.32. The minimum absolute atomic E-state index is 0.338. The van der Waals surface area contributed by atoms with Crippen LogP contribution in [-0.4, -0.2) is 6.54 Å². The Kier molecular flexibility index (Phi) is 5.01. The normalized spacial score (nSPS) is 12.9. The van der Waals surface area contributed by atoms with E-state index < -0.39 is 0 Å². The number of aryl methyl sites for hydroxylation is 2. The molecule has 2 aromatic heterocycles. The summed E-state index contributed by atoms with van der Waals surface area (Å²) in [6, 6.07) is 4.92. The number of hydrogen-bond donors (Lipinski definition) is 1. The first-order chi connectivity index (χ1) is 8.61. The van der Waals surface area contributed by atoms with Gasteiger partial charge in [-0.25, -0.2) is 0 Å². The molecular weight excluding hydrogens is 326 g/mol. The van der Waals surface area contributed by atoms with Crippen molar-refractivity contribution in [3.05, 3.63) is 42.2 Å². The van der Waals surface area contributed by atoms with Gasteiger partial charge < -0.3 is 5.32 Å². The van der Waals surface area contributed by atoms with Crippen LogP contribution in [-0.2, 0) is 0 Å². The molecule has 1 atom stereocenters. The van der Waals surface area contributed by atoms with Crippen molar-refractivity contribution < 1.29 is 0 Å². The van der Waals surface area contributed by atoms with Crippen molar-refractivity contribution in [1.29, 1.82) is 0 Å². The lowest BCUT2D eigenvalue weighted by Gasteiger charge is -2.15. The fourth-order valence-electron chi connectivity index (χ4n) is 1.91. The molecular formula is C14H18BrNS2. The Bertz CT molecular complexity index is 496. The van der Waals surface area contributed by atoms with Gasteiger partial charge in [0.05, 0.1) is 9.83 Å². The lowest BCUT2D eigenvalue weighted by molar-refractivity contribution is 0.607. The summed E-state index contributed by atoms with van der Waals surface area (Å²) in [6.07, 6.45) is 1.16. The predicted octanol–water partition coefficient (Wildman–Crippen LogP) is 5.28. The van der Waals surface area contributed by atoms with Crippen LogP contribution in [0.15, 0.2) is 21.3 Å². The molecule has 0 aliphatic heterocycles. The average Bonchev–Trinajstić information content (AvgIpc) is 2.88. The van der Waals surface area contributed by atoms with Gasteiger partial charge in [-0.2, -0.15) is 0 Å². The molecule has 98 valence electrons. The highest BCUT2D eigenvalue weighted by Crippen LogP contribution is 2.35. The second-order valence-corrected chi connectivity index (χ2v) is 8.00. The lowest BCUT2D eigenvalue weighted by Crippen LogP contribution is -2.21. The van der Waals surface area contributed by atoms with Gasteiger partial charge >= 0.3 is 0 Å². The Hall–Kier alpha value is -0.160. The van der Waals surface area contributed by atoms with Crippen LogP contribution in [0.25, 0.3) is 0 Å². The largest absolute Gasteiger partial charge is 0.306 e. The van der Waals surface area contributed by atoms with Gasteiger partial charge in [-0.3, -0.25) is 0 Å². The maximum Gasteiger partial charge on any atom is 0.0731 e. The average molecular weight is 344 g/mol. The minimum atomic E-state index is 0.338. The summed E-state index contributed by atoms with van der Waals surface area (Å²) in [4.78, 5) is 2.77. The molecule has 2 heterocycles. The van der Waals surface area contributed by atoms with Gasteiger partial charge in [-0.1, -0.05) is 6.92 Å². The first-order valence-electron chi connectivity index (χ1n) is 6.16. The summed E-state index contributed by atoms with van der Waals surface area (Å²) in [5, 5.41) is 5.92. The van der Waals surface area contributed by atoms with Gasteiger partial charge in [-0.05, 0) is 71.4 Å². The lowest BCUT2D eigenvalue weighted by atomic mass is 10.1. The van der Waals surface area contributed by atoms with Crippen molar-refractivity contribution in [2.45, 2.75) is 33.2 Å². The van der Waals surface area contributed by atoms with Gasteiger partial charge in [0, 0.05) is 9.75 Å². The Labute approximate surface area is 125 Å². The molecule has 0 amide bonds. The number of hydrogen-bond acceptors (Lipinski definition) is 3. The van der Waals surface area contributed by atoms with Crippen molar-refractivity contribution in [2.24, 2.45) is 0 Å². The molecule has 4 heteroatoms. The summed E-state index contributed by atoms with van der Waals surface area (Å²) in [5.74, 6) is 0. The van der Waals surface area contributed by atoms with Gasteiger partial charge in [0.1, 0.15) is 0 Å². The van der Waals surface area contributed by atoms with Crippen LogP contribution in [0.2, 0.25) is 0 Å². The molecule has 0 saturated heterocycles. The molecule has 0 radical (unpaired) electrons. The zero-order valence-corrected chi connectivity index (χ0v) is 14.1. The van der Waals surface area contributed by atoms with Crippen LogP contribution in [0, 0.1) is 13.8 Å². The van der Waals surface area contributed by atoms with E-state index in [1.165, 1.54) is 24.7 Å². The van der Waals surface area contributed by atoms with E-state index in [2.05, 4.69) is 59.5 Å². The zero-order valence-electron chi connectivity index (χ0n) is 10.9. The second-order valence-electron chi connectivity index (χ2n) is 4.48. The highest BCUT2D eigenvalue weighted by molar-refractivity contribution is 9.11. The number of thiophene rings is 2. The van der Waals surface area contributed by atoms with Crippen molar-refractivity contribution in [3.8, 4) is 0 Å². The monoisotopic (exact) mass is 343 g/mol. The summed E-state index contributed by atoms with van der Waals surface area (Å²) in [6.45, 7) is 7.58. The van der Waals surface area contributed by atoms with E-state index in [1.54, 1.807) is 0 Å². The summed E-state index contributed by atoms with van der Waals surface area (Å²) < 4.78 is 1.24. The molecule has 0 aromatic carbocycles. The molecule has 0 aliphatic rings. The first-order valence-corrected chi connectivity index (χ1v) is 8.65. The van der Waals surface area contributed by atoms with Crippen LogP contribution in [0.5, 0.6) is 0 Å². The molecule has 1 unspecified atom stereocenters. The quantitative estimate of drug-likeness (QED) is 0.778.